The molecule has 1 fully saturated rings. The summed E-state index contributed by atoms with van der Waals surface area (Å²) in [5, 5.41) is 1.41. The van der Waals surface area contributed by atoms with E-state index in [0.29, 0.717) is 0 Å². The van der Waals surface area contributed by atoms with E-state index in [0.717, 1.165) is 10.6 Å². The van der Waals surface area contributed by atoms with Gasteiger partial charge in [-0.2, -0.15) is 0 Å². The zero-order chi connectivity index (χ0) is 20.1. The van der Waals surface area contributed by atoms with Crippen molar-refractivity contribution >= 4 is 48.6 Å². The monoisotopic (exact) mass is 484 g/mol. The summed E-state index contributed by atoms with van der Waals surface area (Å²) in [6.45, 7) is -3.63. The van der Waals surface area contributed by atoms with Gasteiger partial charge in [-0.3, -0.25) is 0 Å². The van der Waals surface area contributed by atoms with Crippen molar-refractivity contribution in [2.75, 3.05) is 0 Å². The fraction of sp³-hybridized carbons (Fsp3) is 0. The first kappa shape index (κ1) is 19.2. The van der Waals surface area contributed by atoms with Gasteiger partial charge < -0.3 is 0 Å². The van der Waals surface area contributed by atoms with Gasteiger partial charge in [0.15, 0.2) is 0 Å². The van der Waals surface area contributed by atoms with Gasteiger partial charge in [-0.05, 0) is 0 Å². The van der Waals surface area contributed by atoms with Gasteiger partial charge in [0.1, 0.15) is 0 Å². The molecule has 1 saturated heterocycles. The summed E-state index contributed by atoms with van der Waals surface area (Å²) in [7, 11) is 0. The first-order valence-corrected chi connectivity index (χ1v) is 17.4. The zero-order valence-corrected chi connectivity index (χ0v) is 19.6. The Hall–Kier alpha value is -1.82. The quantitative estimate of drug-likeness (QED) is 0.261. The Kier molecular flexibility index (Phi) is 4.19. The maximum absolute atomic E-state index is 13.2. The van der Waals surface area contributed by atoms with Crippen LogP contribution in [0.2, 0.25) is 0 Å². The molecule has 5 rings (SSSR count). The molecule has 0 bridgehead atoms. The Morgan fingerprint density at radius 2 is 0.759 bits per heavy atom. The van der Waals surface area contributed by atoms with Crippen LogP contribution in [0.4, 0.5) is 0 Å². The first-order chi connectivity index (χ1) is 14.0. The molecule has 0 saturated carbocycles. The SMILES string of the molecule is OP1(c2ccccc2)(c2ccccc2)[NH2+]P1([SeH])(c1ccccc1)c1ccccc1. The molecule has 0 atom stereocenters. The Labute approximate surface area is 179 Å². The van der Waals surface area contributed by atoms with Crippen LogP contribution in [0.15, 0.2) is 121 Å². The van der Waals surface area contributed by atoms with Gasteiger partial charge in [0.25, 0.3) is 0 Å². The number of nitrogens with two attached hydrogens (primary N) is 1. The van der Waals surface area contributed by atoms with E-state index in [2.05, 4.69) is 93.2 Å². The topological polar surface area (TPSA) is 36.8 Å². The fourth-order valence-corrected chi connectivity index (χ4v) is 36.5. The number of quaternary nitrogens is 1. The molecule has 146 valence electrons. The molecular weight excluding hydrogens is 459 g/mol. The van der Waals surface area contributed by atoms with Gasteiger partial charge in [-0.1, -0.05) is 0 Å². The van der Waals surface area contributed by atoms with E-state index in [1.54, 1.807) is 0 Å². The van der Waals surface area contributed by atoms with E-state index in [4.69, 9.17) is 0 Å². The fourth-order valence-electron chi connectivity index (χ4n) is 4.78. The minimum absolute atomic E-state index is 1.04. The summed E-state index contributed by atoms with van der Waals surface area (Å²) in [6, 6.07) is 41.8. The standard InChI is InChI=1S/C24H23NOP2Se/c26-27(21-13-5-1-6-14-21,22-15-7-2-8-16-22)25-28(27,29,23-17-9-3-10-18-23)24-19-11-4-12-20-24/h1-20,25-26,29H/p+1. The molecule has 5 heteroatoms. The van der Waals surface area contributed by atoms with Crippen molar-refractivity contribution in [3.63, 3.8) is 0 Å². The maximum atomic E-state index is 13.2. The third-order valence-corrected chi connectivity index (χ3v) is 35.6. The van der Waals surface area contributed by atoms with Crippen LogP contribution in [0.5, 0.6) is 0 Å². The van der Waals surface area contributed by atoms with Crippen molar-refractivity contribution in [3.05, 3.63) is 121 Å². The van der Waals surface area contributed by atoms with Gasteiger partial charge in [0.2, 0.25) is 0 Å². The minimum atomic E-state index is -3.63. The second-order valence-corrected chi connectivity index (χ2v) is 27.2. The van der Waals surface area contributed by atoms with Crippen molar-refractivity contribution in [2.24, 2.45) is 0 Å². The van der Waals surface area contributed by atoms with E-state index in [1.165, 1.54) is 10.6 Å². The second-order valence-electron chi connectivity index (χ2n) is 7.64. The summed E-state index contributed by atoms with van der Waals surface area (Å²) in [5.74, 6) is 0. The van der Waals surface area contributed by atoms with Crippen LogP contribution in [0.25, 0.3) is 0 Å². The van der Waals surface area contributed by atoms with E-state index in [9.17, 15) is 4.89 Å². The van der Waals surface area contributed by atoms with Crippen molar-refractivity contribution in [1.82, 2.24) is 0 Å². The first-order valence-electron chi connectivity index (χ1n) is 9.65. The van der Waals surface area contributed by atoms with Crippen LogP contribution >= 0.6 is 11.8 Å². The normalized spacial score (nSPS) is 22.8. The number of hydrogen-bond acceptors (Lipinski definition) is 1. The summed E-state index contributed by atoms with van der Waals surface area (Å²) in [5.41, 5.74) is 0. The Balaban J connectivity index is 1.96. The zero-order valence-electron chi connectivity index (χ0n) is 15.9. The van der Waals surface area contributed by atoms with Gasteiger partial charge in [0.05, 0.1) is 0 Å². The van der Waals surface area contributed by atoms with Crippen molar-refractivity contribution in [1.29, 1.82) is 0 Å². The summed E-state index contributed by atoms with van der Waals surface area (Å²) in [4.78, 5) is 15.6. The molecule has 1 heterocycles. The molecule has 4 aromatic rings. The van der Waals surface area contributed by atoms with Crippen LogP contribution in [-0.2, 0) is 0 Å². The molecule has 0 radical (unpaired) electrons. The van der Waals surface area contributed by atoms with Gasteiger partial charge >= 0.3 is 180 Å². The number of benzene rings is 4. The van der Waals surface area contributed by atoms with Gasteiger partial charge in [-0.15, -0.1) is 0 Å². The van der Waals surface area contributed by atoms with E-state index < -0.39 is 11.8 Å². The molecule has 3 N–H and O–H groups in total. The molecule has 4 aromatic carbocycles. The van der Waals surface area contributed by atoms with E-state index in [-0.39, 0.29) is 0 Å². The molecule has 29 heavy (non-hydrogen) atoms. The summed E-state index contributed by atoms with van der Waals surface area (Å²) < 4.78 is 0. The molecule has 0 aliphatic carbocycles. The van der Waals surface area contributed by atoms with Gasteiger partial charge in [0, 0.05) is 0 Å². The number of rotatable bonds is 4. The van der Waals surface area contributed by atoms with Crippen molar-refractivity contribution in [3.8, 4) is 0 Å². The van der Waals surface area contributed by atoms with E-state index >= 15 is 0 Å². The van der Waals surface area contributed by atoms with Gasteiger partial charge in [-0.25, -0.2) is 0 Å². The molecule has 0 unspecified atom stereocenters. The van der Waals surface area contributed by atoms with Crippen LogP contribution < -0.4 is 26.1 Å². The number of hydrogen-bond donors (Lipinski definition) is 2. The van der Waals surface area contributed by atoms with Crippen LogP contribution in [0, 0.1) is 0 Å². The van der Waals surface area contributed by atoms with Crippen molar-refractivity contribution in [2.45, 2.75) is 0 Å². The van der Waals surface area contributed by atoms with Crippen LogP contribution in [-0.4, -0.2) is 20.5 Å². The third kappa shape index (κ3) is 2.16. The molecule has 0 aromatic heterocycles. The second kappa shape index (κ2) is 6.34. The molecule has 1 aliphatic heterocycles. The Morgan fingerprint density at radius 1 is 0.483 bits per heavy atom. The molecule has 1 aliphatic rings. The molecule has 2 nitrogen and oxygen atoms in total. The molecule has 0 spiro atoms. The predicted octanol–water partition coefficient (Wildman–Crippen LogP) is 2.44. The summed E-state index contributed by atoms with van der Waals surface area (Å²) >= 11 is 3.02. The van der Waals surface area contributed by atoms with Crippen LogP contribution in [0.3, 0.4) is 0 Å². The van der Waals surface area contributed by atoms with Crippen LogP contribution in [0.1, 0.15) is 0 Å². The summed E-state index contributed by atoms with van der Waals surface area (Å²) in [6.07, 6.45) is 0. The Morgan fingerprint density at radius 3 is 1.07 bits per heavy atom. The third-order valence-electron chi connectivity index (χ3n) is 6.26. The average Bonchev–Trinajstić information content (AvgIpc) is 3.33. The predicted molar refractivity (Wildman–Crippen MR) is 129 cm³/mol. The molecule has 0 amide bonds. The average molecular weight is 483 g/mol. The van der Waals surface area contributed by atoms with E-state index in [1.807, 2.05) is 48.5 Å². The Bertz CT molecular complexity index is 997. The molecular formula is C24H24NOP2Se+. The van der Waals surface area contributed by atoms with Crippen molar-refractivity contribution < 1.29 is 9.75 Å².